The lowest BCUT2D eigenvalue weighted by atomic mass is 10.2. The van der Waals surface area contributed by atoms with Crippen molar-refractivity contribution in [2.24, 2.45) is 0 Å². The lowest BCUT2D eigenvalue weighted by Crippen LogP contribution is -2.49. The molecule has 172 valence electrons. The number of halogens is 3. The highest BCUT2D eigenvalue weighted by Gasteiger charge is 2.23. The molecule has 0 bridgehead atoms. The minimum absolute atomic E-state index is 0.0476. The van der Waals surface area contributed by atoms with E-state index < -0.39 is 0 Å². The molecule has 4 rings (SSSR count). The van der Waals surface area contributed by atoms with E-state index in [2.05, 4.69) is 14.9 Å². The van der Waals surface area contributed by atoms with Crippen molar-refractivity contribution in [3.63, 3.8) is 0 Å². The number of H-pyrrole nitrogens is 1. The summed E-state index contributed by atoms with van der Waals surface area (Å²) in [5, 5.41) is 1.44. The third-order valence-corrected chi connectivity index (χ3v) is 7.05. The number of hydrogen-bond donors (Lipinski definition) is 1. The molecule has 1 aliphatic rings. The summed E-state index contributed by atoms with van der Waals surface area (Å²) in [6, 6.07) is 13.0. The van der Waals surface area contributed by atoms with Crippen molar-refractivity contribution in [1.82, 2.24) is 14.9 Å². The van der Waals surface area contributed by atoms with Gasteiger partial charge in [0.2, 0.25) is 5.91 Å². The fraction of sp³-hybridized carbons (Fsp3) is 0.261. The van der Waals surface area contributed by atoms with Crippen molar-refractivity contribution in [3.05, 3.63) is 86.0 Å². The second-order valence-corrected chi connectivity index (χ2v) is 9.32. The third-order valence-electron chi connectivity index (χ3n) is 5.30. The first-order chi connectivity index (χ1) is 15.9. The molecular formula is C23H21Cl2FN4O2S. The van der Waals surface area contributed by atoms with Gasteiger partial charge in [-0.05, 0) is 29.8 Å². The smallest absolute Gasteiger partial charge is 0.251 e. The van der Waals surface area contributed by atoms with Crippen LogP contribution in [0.2, 0.25) is 10.0 Å². The van der Waals surface area contributed by atoms with Crippen LogP contribution in [0.25, 0.3) is 0 Å². The Morgan fingerprint density at radius 3 is 2.55 bits per heavy atom. The van der Waals surface area contributed by atoms with Crippen LogP contribution in [0, 0.1) is 5.82 Å². The predicted octanol–water partition coefficient (Wildman–Crippen LogP) is 4.40. The molecule has 0 atom stereocenters. The van der Waals surface area contributed by atoms with E-state index in [-0.39, 0.29) is 23.7 Å². The molecule has 10 heteroatoms. The number of amides is 1. The van der Waals surface area contributed by atoms with E-state index in [1.807, 2.05) is 12.1 Å². The van der Waals surface area contributed by atoms with Crippen LogP contribution in [0.1, 0.15) is 11.3 Å². The van der Waals surface area contributed by atoms with E-state index in [0.717, 1.165) is 11.3 Å². The topological polar surface area (TPSA) is 69.3 Å². The highest BCUT2D eigenvalue weighted by atomic mass is 35.5. The Labute approximate surface area is 204 Å². The van der Waals surface area contributed by atoms with E-state index in [9.17, 15) is 14.0 Å². The maximum Gasteiger partial charge on any atom is 0.251 e. The van der Waals surface area contributed by atoms with E-state index in [0.29, 0.717) is 52.8 Å². The second-order valence-electron chi connectivity index (χ2n) is 7.57. The first-order valence-electron chi connectivity index (χ1n) is 10.3. The molecule has 0 radical (unpaired) electrons. The predicted molar refractivity (Wildman–Crippen MR) is 130 cm³/mol. The minimum atomic E-state index is -0.310. The summed E-state index contributed by atoms with van der Waals surface area (Å²) < 4.78 is 13.1. The van der Waals surface area contributed by atoms with Gasteiger partial charge in [-0.25, -0.2) is 9.37 Å². The average molecular weight is 507 g/mol. The van der Waals surface area contributed by atoms with Crippen LogP contribution in [0.5, 0.6) is 0 Å². The number of nitrogens with zero attached hydrogens (tertiary/aromatic N) is 3. The highest BCUT2D eigenvalue weighted by molar-refractivity contribution is 7.98. The van der Waals surface area contributed by atoms with Gasteiger partial charge >= 0.3 is 0 Å². The van der Waals surface area contributed by atoms with Gasteiger partial charge in [-0.2, -0.15) is 0 Å². The Morgan fingerprint density at radius 2 is 1.82 bits per heavy atom. The zero-order valence-corrected chi connectivity index (χ0v) is 19.9. The van der Waals surface area contributed by atoms with Gasteiger partial charge in [0.15, 0.2) is 5.16 Å². The molecular weight excluding hydrogens is 486 g/mol. The number of rotatable bonds is 6. The monoisotopic (exact) mass is 506 g/mol. The number of thioether (sulfide) groups is 1. The number of carbonyl (C=O) groups is 1. The molecule has 1 aromatic heterocycles. The molecule has 2 heterocycles. The molecule has 1 saturated heterocycles. The summed E-state index contributed by atoms with van der Waals surface area (Å²) in [6.07, 6.45) is 0.0476. The third kappa shape index (κ3) is 6.07. The van der Waals surface area contributed by atoms with Gasteiger partial charge in [0.1, 0.15) is 5.82 Å². The maximum absolute atomic E-state index is 13.1. The summed E-state index contributed by atoms with van der Waals surface area (Å²) in [5.41, 5.74) is 1.87. The average Bonchev–Trinajstić information content (AvgIpc) is 2.80. The first kappa shape index (κ1) is 23.6. The quantitative estimate of drug-likeness (QED) is 0.396. The lowest BCUT2D eigenvalue weighted by Gasteiger charge is -2.36. The van der Waals surface area contributed by atoms with Crippen molar-refractivity contribution in [2.45, 2.75) is 17.3 Å². The first-order valence-corrected chi connectivity index (χ1v) is 12.1. The van der Waals surface area contributed by atoms with Crippen LogP contribution >= 0.6 is 35.0 Å². The highest BCUT2D eigenvalue weighted by Crippen LogP contribution is 2.32. The van der Waals surface area contributed by atoms with Crippen molar-refractivity contribution in [1.29, 1.82) is 0 Å². The van der Waals surface area contributed by atoms with Crippen LogP contribution in [-0.4, -0.2) is 47.0 Å². The Morgan fingerprint density at radius 1 is 1.09 bits per heavy atom. The molecule has 1 fully saturated rings. The minimum Gasteiger partial charge on any atom is -0.367 e. The number of carbonyl (C=O) groups excluding carboxylic acids is 1. The van der Waals surface area contributed by atoms with Gasteiger partial charge in [-0.1, -0.05) is 53.2 Å². The number of anilines is 1. The number of piperazine rings is 1. The van der Waals surface area contributed by atoms with Crippen LogP contribution in [0.3, 0.4) is 0 Å². The molecule has 2 aromatic carbocycles. The normalized spacial score (nSPS) is 13.9. The van der Waals surface area contributed by atoms with Crippen LogP contribution in [-0.2, 0) is 17.0 Å². The molecule has 0 saturated carbocycles. The number of benzene rings is 2. The molecule has 33 heavy (non-hydrogen) atoms. The van der Waals surface area contributed by atoms with Crippen LogP contribution in [0.4, 0.5) is 10.1 Å². The van der Waals surface area contributed by atoms with Crippen molar-refractivity contribution < 1.29 is 9.18 Å². The molecule has 1 N–H and O–H groups in total. The number of hydrogen-bond acceptors (Lipinski definition) is 5. The molecule has 1 aliphatic heterocycles. The van der Waals surface area contributed by atoms with Crippen LogP contribution < -0.4 is 10.5 Å². The van der Waals surface area contributed by atoms with Gasteiger partial charge in [0, 0.05) is 38.0 Å². The van der Waals surface area contributed by atoms with Crippen LogP contribution in [0.15, 0.2) is 58.5 Å². The maximum atomic E-state index is 13.1. The zero-order valence-electron chi connectivity index (χ0n) is 17.6. The van der Waals surface area contributed by atoms with Gasteiger partial charge < -0.3 is 14.8 Å². The Hall–Kier alpha value is -2.55. The number of nitrogens with one attached hydrogen (secondary N) is 1. The van der Waals surface area contributed by atoms with E-state index >= 15 is 0 Å². The van der Waals surface area contributed by atoms with Crippen molar-refractivity contribution >= 4 is 46.6 Å². The molecule has 0 unspecified atom stereocenters. The molecule has 1 amide bonds. The summed E-state index contributed by atoms with van der Waals surface area (Å²) in [4.78, 5) is 35.9. The summed E-state index contributed by atoms with van der Waals surface area (Å²) in [7, 11) is 0. The molecule has 0 aliphatic carbocycles. The summed E-state index contributed by atoms with van der Waals surface area (Å²) in [6.45, 7) is 2.34. The molecule has 6 nitrogen and oxygen atoms in total. The second kappa shape index (κ2) is 10.6. The Bertz CT molecular complexity index is 1200. The number of aromatic amines is 1. The van der Waals surface area contributed by atoms with Gasteiger partial charge in [-0.15, -0.1) is 0 Å². The fourth-order valence-corrected chi connectivity index (χ4v) is 4.84. The zero-order chi connectivity index (χ0) is 23.4. The fourth-order valence-electron chi connectivity index (χ4n) is 3.57. The SMILES string of the molecule is O=C(Cc1cc(=O)[nH]c(SCc2ccc(F)cc2)n1)N1CCN(c2cccc(Cl)c2Cl)CC1. The Balaban J connectivity index is 1.35. The largest absolute Gasteiger partial charge is 0.367 e. The Kier molecular flexibility index (Phi) is 7.57. The summed E-state index contributed by atoms with van der Waals surface area (Å²) in [5.74, 6) is 0.140. The van der Waals surface area contributed by atoms with E-state index in [4.69, 9.17) is 23.2 Å². The van der Waals surface area contributed by atoms with Crippen molar-refractivity contribution in [2.75, 3.05) is 31.1 Å². The lowest BCUT2D eigenvalue weighted by molar-refractivity contribution is -0.130. The standard InChI is InChI=1S/C23H21Cl2FN4O2S/c24-18-2-1-3-19(22(18)25)29-8-10-30(11-9-29)21(32)13-17-12-20(31)28-23(27-17)33-14-15-4-6-16(26)7-5-15/h1-7,12H,8-11,13-14H2,(H,27,28,31). The molecule has 0 spiro atoms. The van der Waals surface area contributed by atoms with Gasteiger partial charge in [0.05, 0.1) is 27.8 Å². The number of aromatic nitrogens is 2. The van der Waals surface area contributed by atoms with E-state index in [1.165, 1.54) is 30.0 Å². The van der Waals surface area contributed by atoms with Gasteiger partial charge in [-0.3, -0.25) is 9.59 Å². The van der Waals surface area contributed by atoms with Crippen molar-refractivity contribution in [3.8, 4) is 0 Å². The summed E-state index contributed by atoms with van der Waals surface area (Å²) >= 11 is 13.8. The van der Waals surface area contributed by atoms with E-state index in [1.54, 1.807) is 23.1 Å². The van der Waals surface area contributed by atoms with Gasteiger partial charge in [0.25, 0.3) is 5.56 Å². The molecule has 3 aromatic rings.